The van der Waals surface area contributed by atoms with Gasteiger partial charge in [0.2, 0.25) is 5.56 Å². The fraction of sp³-hybridized carbons (Fsp3) is 0.238. The number of nitrogens with one attached hydrogen (secondary N) is 1. The number of fused-ring (bicyclic) bond motifs is 1. The number of hydrogen-bond acceptors (Lipinski definition) is 3. The van der Waals surface area contributed by atoms with Gasteiger partial charge in [-0.2, -0.15) is 0 Å². The van der Waals surface area contributed by atoms with E-state index in [-0.39, 0.29) is 11.5 Å². The Morgan fingerprint density at radius 2 is 1.65 bits per heavy atom. The van der Waals surface area contributed by atoms with Crippen molar-refractivity contribution in [3.8, 4) is 0 Å². The number of piperazine rings is 1. The van der Waals surface area contributed by atoms with E-state index in [0.717, 1.165) is 25.0 Å². The van der Waals surface area contributed by atoms with Gasteiger partial charge < -0.3 is 9.88 Å². The molecule has 4 rings (SSSR count). The van der Waals surface area contributed by atoms with Crippen molar-refractivity contribution in [2.75, 3.05) is 26.2 Å². The molecule has 1 N–H and O–H groups in total. The molecule has 0 bridgehead atoms. The lowest BCUT2D eigenvalue weighted by molar-refractivity contribution is 0.0630. The molecule has 2 heterocycles. The van der Waals surface area contributed by atoms with Crippen molar-refractivity contribution < 1.29 is 4.79 Å². The van der Waals surface area contributed by atoms with Crippen LogP contribution in [0.25, 0.3) is 10.9 Å². The Morgan fingerprint density at radius 3 is 2.42 bits per heavy atom. The number of aromatic amines is 1. The summed E-state index contributed by atoms with van der Waals surface area (Å²) in [5.74, 6) is 0.0296. The minimum atomic E-state index is -0.156. The van der Waals surface area contributed by atoms with Gasteiger partial charge in [0.15, 0.2) is 0 Å². The number of nitrogens with zero attached hydrogens (tertiary/aromatic N) is 2. The summed E-state index contributed by atoms with van der Waals surface area (Å²) < 4.78 is 0. The number of aromatic nitrogens is 1. The van der Waals surface area contributed by atoms with Crippen LogP contribution in [0.3, 0.4) is 0 Å². The van der Waals surface area contributed by atoms with Gasteiger partial charge in [0.25, 0.3) is 5.91 Å². The zero-order chi connectivity index (χ0) is 17.9. The summed E-state index contributed by atoms with van der Waals surface area (Å²) in [6, 6.07) is 19.1. The summed E-state index contributed by atoms with van der Waals surface area (Å²) in [6.07, 6.45) is 0. The van der Waals surface area contributed by atoms with Gasteiger partial charge in [-0.3, -0.25) is 14.5 Å². The van der Waals surface area contributed by atoms with Crippen LogP contribution in [0.5, 0.6) is 0 Å². The van der Waals surface area contributed by atoms with Crippen molar-refractivity contribution in [1.82, 2.24) is 14.8 Å². The lowest BCUT2D eigenvalue weighted by Gasteiger charge is -2.35. The molecule has 1 aromatic heterocycles. The summed E-state index contributed by atoms with van der Waals surface area (Å²) >= 11 is 0. The number of carbonyl (C=O) groups is 1. The minimum Gasteiger partial charge on any atom is -0.336 e. The van der Waals surface area contributed by atoms with Crippen molar-refractivity contribution in [3.63, 3.8) is 0 Å². The number of amides is 1. The molecule has 2 aromatic carbocycles. The molecule has 1 aliphatic heterocycles. The fourth-order valence-electron chi connectivity index (χ4n) is 3.49. The second-order valence-corrected chi connectivity index (χ2v) is 6.64. The second kappa shape index (κ2) is 7.14. The molecule has 0 unspecified atom stereocenters. The van der Waals surface area contributed by atoms with Crippen molar-refractivity contribution in [1.29, 1.82) is 0 Å². The molecule has 0 aliphatic carbocycles. The van der Waals surface area contributed by atoms with E-state index in [1.807, 2.05) is 29.2 Å². The first-order chi connectivity index (χ1) is 12.7. The zero-order valence-electron chi connectivity index (χ0n) is 14.5. The summed E-state index contributed by atoms with van der Waals surface area (Å²) in [4.78, 5) is 31.5. The number of benzene rings is 2. The smallest absolute Gasteiger partial charge is 0.254 e. The largest absolute Gasteiger partial charge is 0.336 e. The Kier molecular flexibility index (Phi) is 4.54. The molecule has 1 aliphatic rings. The topological polar surface area (TPSA) is 56.4 Å². The van der Waals surface area contributed by atoms with Crippen molar-refractivity contribution in [3.05, 3.63) is 82.1 Å². The van der Waals surface area contributed by atoms with E-state index in [2.05, 4.69) is 34.1 Å². The van der Waals surface area contributed by atoms with Crippen LogP contribution in [0.4, 0.5) is 0 Å². The van der Waals surface area contributed by atoms with Crippen molar-refractivity contribution in [2.24, 2.45) is 0 Å². The number of hydrogen-bond donors (Lipinski definition) is 1. The molecule has 0 radical (unpaired) electrons. The third kappa shape index (κ3) is 3.39. The highest BCUT2D eigenvalue weighted by Gasteiger charge is 2.23. The van der Waals surface area contributed by atoms with Gasteiger partial charge in [0.05, 0.1) is 0 Å². The van der Waals surface area contributed by atoms with Crippen molar-refractivity contribution in [2.45, 2.75) is 6.54 Å². The summed E-state index contributed by atoms with van der Waals surface area (Å²) in [5, 5.41) is 0.795. The highest BCUT2D eigenvalue weighted by Crippen LogP contribution is 2.18. The van der Waals surface area contributed by atoms with Crippen LogP contribution in [0.1, 0.15) is 15.9 Å². The first-order valence-electron chi connectivity index (χ1n) is 8.88. The van der Waals surface area contributed by atoms with E-state index in [0.29, 0.717) is 24.2 Å². The average Bonchev–Trinajstić information content (AvgIpc) is 2.68. The maximum absolute atomic E-state index is 13.0. The number of H-pyrrole nitrogens is 1. The zero-order valence-corrected chi connectivity index (χ0v) is 14.5. The molecular weight excluding hydrogens is 326 g/mol. The summed E-state index contributed by atoms with van der Waals surface area (Å²) in [7, 11) is 0. The molecule has 5 heteroatoms. The molecule has 1 saturated heterocycles. The standard InChI is InChI=1S/C21H21N3O2/c25-20-10-9-17-18(7-4-8-19(17)22-20)21(26)24-13-11-23(12-14-24)15-16-5-2-1-3-6-16/h1-10H,11-15H2,(H,22,25). The normalized spacial score (nSPS) is 15.3. The van der Waals surface area contributed by atoms with Crippen LogP contribution in [0.2, 0.25) is 0 Å². The Bertz CT molecular complexity index is 973. The number of pyridine rings is 1. The van der Waals surface area contributed by atoms with Crippen LogP contribution in [-0.4, -0.2) is 46.9 Å². The van der Waals surface area contributed by atoms with E-state index >= 15 is 0 Å². The Morgan fingerprint density at radius 1 is 0.885 bits per heavy atom. The molecule has 0 spiro atoms. The van der Waals surface area contributed by atoms with E-state index in [9.17, 15) is 9.59 Å². The van der Waals surface area contributed by atoms with Crippen molar-refractivity contribution >= 4 is 16.8 Å². The fourth-order valence-corrected chi connectivity index (χ4v) is 3.49. The third-order valence-corrected chi connectivity index (χ3v) is 4.90. The molecule has 26 heavy (non-hydrogen) atoms. The van der Waals surface area contributed by atoms with Gasteiger partial charge in [-0.05, 0) is 23.8 Å². The lowest BCUT2D eigenvalue weighted by atomic mass is 10.1. The molecule has 0 saturated carbocycles. The van der Waals surface area contributed by atoms with Gasteiger partial charge in [0, 0.05) is 55.3 Å². The Balaban J connectivity index is 1.46. The highest BCUT2D eigenvalue weighted by atomic mass is 16.2. The SMILES string of the molecule is O=C(c1cccc2[nH]c(=O)ccc12)N1CCN(Cc2ccccc2)CC1. The van der Waals surface area contributed by atoms with Crippen LogP contribution in [0, 0.1) is 0 Å². The molecule has 1 fully saturated rings. The van der Waals surface area contributed by atoms with Gasteiger partial charge >= 0.3 is 0 Å². The average molecular weight is 347 g/mol. The quantitative estimate of drug-likeness (QED) is 0.792. The van der Waals surface area contributed by atoms with E-state index in [1.165, 1.54) is 11.6 Å². The second-order valence-electron chi connectivity index (χ2n) is 6.64. The highest BCUT2D eigenvalue weighted by molar-refractivity contribution is 6.06. The maximum Gasteiger partial charge on any atom is 0.254 e. The maximum atomic E-state index is 13.0. The molecule has 3 aromatic rings. The molecule has 0 atom stereocenters. The summed E-state index contributed by atoms with van der Waals surface area (Å²) in [6.45, 7) is 4.07. The molecular formula is C21H21N3O2. The van der Waals surface area contributed by atoms with Crippen LogP contribution < -0.4 is 5.56 Å². The van der Waals surface area contributed by atoms with Gasteiger partial charge in [-0.1, -0.05) is 36.4 Å². The van der Waals surface area contributed by atoms with Gasteiger partial charge in [-0.15, -0.1) is 0 Å². The predicted octanol–water partition coefficient (Wildman–Crippen LogP) is 2.49. The Hall–Kier alpha value is -2.92. The molecule has 5 nitrogen and oxygen atoms in total. The van der Waals surface area contributed by atoms with Crippen LogP contribution in [-0.2, 0) is 6.54 Å². The van der Waals surface area contributed by atoms with E-state index in [4.69, 9.17) is 0 Å². The van der Waals surface area contributed by atoms with Gasteiger partial charge in [0.1, 0.15) is 0 Å². The first kappa shape index (κ1) is 16.5. The Labute approximate surface area is 151 Å². The first-order valence-corrected chi connectivity index (χ1v) is 8.88. The van der Waals surface area contributed by atoms with E-state index in [1.54, 1.807) is 6.07 Å². The molecule has 1 amide bonds. The lowest BCUT2D eigenvalue weighted by Crippen LogP contribution is -2.48. The van der Waals surface area contributed by atoms with Gasteiger partial charge in [-0.25, -0.2) is 0 Å². The minimum absolute atomic E-state index is 0.0296. The van der Waals surface area contributed by atoms with Crippen LogP contribution in [0.15, 0.2) is 65.5 Å². The third-order valence-electron chi connectivity index (χ3n) is 4.90. The molecule has 132 valence electrons. The summed E-state index contributed by atoms with van der Waals surface area (Å²) in [5.41, 5.74) is 2.49. The number of carbonyl (C=O) groups excluding carboxylic acids is 1. The number of rotatable bonds is 3. The monoisotopic (exact) mass is 347 g/mol. The van der Waals surface area contributed by atoms with E-state index < -0.39 is 0 Å². The van der Waals surface area contributed by atoms with Crippen LogP contribution >= 0.6 is 0 Å². The predicted molar refractivity (Wildman–Crippen MR) is 102 cm³/mol.